The van der Waals surface area contributed by atoms with Crippen LogP contribution in [0.5, 0.6) is 0 Å². The van der Waals surface area contributed by atoms with Crippen LogP contribution in [-0.2, 0) is 13.0 Å². The normalized spacial score (nSPS) is 12.6. The van der Waals surface area contributed by atoms with Gasteiger partial charge >= 0.3 is 0 Å². The SMILES string of the molecule is CCNCC(Cc1ncnn1CC)c1ccc(C)cc1. The molecule has 0 saturated heterocycles. The van der Waals surface area contributed by atoms with Crippen molar-refractivity contribution in [3.8, 4) is 0 Å². The predicted molar refractivity (Wildman–Crippen MR) is 81.9 cm³/mol. The molecule has 0 saturated carbocycles. The maximum atomic E-state index is 4.40. The summed E-state index contributed by atoms with van der Waals surface area (Å²) in [7, 11) is 0. The second kappa shape index (κ2) is 7.20. The second-order valence-corrected chi connectivity index (χ2v) is 5.11. The number of benzene rings is 1. The molecule has 4 heteroatoms. The Morgan fingerprint density at radius 3 is 2.60 bits per heavy atom. The molecule has 20 heavy (non-hydrogen) atoms. The van der Waals surface area contributed by atoms with E-state index < -0.39 is 0 Å². The van der Waals surface area contributed by atoms with E-state index in [0.29, 0.717) is 5.92 Å². The maximum absolute atomic E-state index is 4.40. The van der Waals surface area contributed by atoms with Crippen molar-refractivity contribution >= 4 is 0 Å². The molecule has 0 radical (unpaired) electrons. The molecule has 1 unspecified atom stereocenters. The first-order valence-electron chi connectivity index (χ1n) is 7.38. The number of nitrogens with one attached hydrogen (secondary N) is 1. The van der Waals surface area contributed by atoms with Gasteiger partial charge in [-0.2, -0.15) is 5.10 Å². The molecule has 0 bridgehead atoms. The van der Waals surface area contributed by atoms with Crippen LogP contribution < -0.4 is 5.32 Å². The summed E-state index contributed by atoms with van der Waals surface area (Å²) in [6.45, 7) is 9.19. The van der Waals surface area contributed by atoms with Crippen molar-refractivity contribution in [2.24, 2.45) is 0 Å². The summed E-state index contributed by atoms with van der Waals surface area (Å²) < 4.78 is 1.98. The van der Waals surface area contributed by atoms with Gasteiger partial charge in [0.2, 0.25) is 0 Å². The highest BCUT2D eigenvalue weighted by atomic mass is 15.3. The molecule has 1 N–H and O–H groups in total. The average molecular weight is 272 g/mol. The van der Waals surface area contributed by atoms with Crippen molar-refractivity contribution in [1.29, 1.82) is 0 Å². The summed E-state index contributed by atoms with van der Waals surface area (Å²) in [5, 5.41) is 7.71. The summed E-state index contributed by atoms with van der Waals surface area (Å²) in [5.74, 6) is 1.50. The first-order valence-corrected chi connectivity index (χ1v) is 7.38. The summed E-state index contributed by atoms with van der Waals surface area (Å²) in [4.78, 5) is 4.40. The number of aryl methyl sites for hydroxylation is 2. The van der Waals surface area contributed by atoms with Crippen LogP contribution in [-0.4, -0.2) is 27.9 Å². The topological polar surface area (TPSA) is 42.7 Å². The second-order valence-electron chi connectivity index (χ2n) is 5.11. The highest BCUT2D eigenvalue weighted by molar-refractivity contribution is 5.25. The fourth-order valence-corrected chi connectivity index (χ4v) is 2.40. The fourth-order valence-electron chi connectivity index (χ4n) is 2.40. The van der Waals surface area contributed by atoms with Gasteiger partial charge < -0.3 is 5.32 Å². The minimum Gasteiger partial charge on any atom is -0.316 e. The Hall–Kier alpha value is -1.68. The molecule has 0 amide bonds. The van der Waals surface area contributed by atoms with Gasteiger partial charge in [0, 0.05) is 25.4 Å². The number of aromatic nitrogens is 3. The third-order valence-corrected chi connectivity index (χ3v) is 3.61. The van der Waals surface area contributed by atoms with E-state index in [1.165, 1.54) is 11.1 Å². The summed E-state index contributed by atoms with van der Waals surface area (Å²) in [6, 6.07) is 8.81. The van der Waals surface area contributed by atoms with Crippen molar-refractivity contribution in [2.45, 2.75) is 39.7 Å². The molecule has 108 valence electrons. The zero-order valence-electron chi connectivity index (χ0n) is 12.6. The first-order chi connectivity index (χ1) is 9.74. The molecule has 0 fully saturated rings. The lowest BCUT2D eigenvalue weighted by Gasteiger charge is -2.18. The Balaban J connectivity index is 2.17. The van der Waals surface area contributed by atoms with Crippen LogP contribution in [0.25, 0.3) is 0 Å². The number of rotatable bonds is 7. The van der Waals surface area contributed by atoms with Crippen LogP contribution in [0.4, 0.5) is 0 Å². The van der Waals surface area contributed by atoms with Crippen LogP contribution in [0.3, 0.4) is 0 Å². The number of likely N-dealkylation sites (N-methyl/N-ethyl adjacent to an activating group) is 1. The Labute approximate surface area is 121 Å². The number of hydrogen-bond donors (Lipinski definition) is 1. The van der Waals surface area contributed by atoms with E-state index in [9.17, 15) is 0 Å². The zero-order valence-corrected chi connectivity index (χ0v) is 12.6. The van der Waals surface area contributed by atoms with Gasteiger partial charge in [-0.3, -0.25) is 4.68 Å². The van der Waals surface area contributed by atoms with Gasteiger partial charge in [0.1, 0.15) is 12.2 Å². The molecular formula is C16H24N4. The molecule has 0 spiro atoms. The van der Waals surface area contributed by atoms with Crippen molar-refractivity contribution in [1.82, 2.24) is 20.1 Å². The van der Waals surface area contributed by atoms with Crippen LogP contribution in [0, 0.1) is 6.92 Å². The van der Waals surface area contributed by atoms with Crippen molar-refractivity contribution in [3.63, 3.8) is 0 Å². The van der Waals surface area contributed by atoms with E-state index in [4.69, 9.17) is 0 Å². The zero-order chi connectivity index (χ0) is 14.4. The predicted octanol–water partition coefficient (Wildman–Crippen LogP) is 2.54. The molecule has 1 atom stereocenters. The summed E-state index contributed by atoms with van der Waals surface area (Å²) in [5.41, 5.74) is 2.66. The van der Waals surface area contributed by atoms with E-state index in [-0.39, 0.29) is 0 Å². The summed E-state index contributed by atoms with van der Waals surface area (Å²) >= 11 is 0. The van der Waals surface area contributed by atoms with Crippen molar-refractivity contribution < 1.29 is 0 Å². The van der Waals surface area contributed by atoms with Gasteiger partial charge in [0.15, 0.2) is 0 Å². The van der Waals surface area contributed by atoms with Crippen LogP contribution in [0.15, 0.2) is 30.6 Å². The largest absolute Gasteiger partial charge is 0.316 e. The monoisotopic (exact) mass is 272 g/mol. The van der Waals surface area contributed by atoms with Gasteiger partial charge in [-0.1, -0.05) is 36.8 Å². The lowest BCUT2D eigenvalue weighted by molar-refractivity contribution is 0.544. The van der Waals surface area contributed by atoms with E-state index in [0.717, 1.165) is 31.9 Å². The van der Waals surface area contributed by atoms with Crippen LogP contribution >= 0.6 is 0 Å². The van der Waals surface area contributed by atoms with Gasteiger partial charge in [0.05, 0.1) is 0 Å². The first kappa shape index (κ1) is 14.7. The van der Waals surface area contributed by atoms with E-state index in [1.54, 1.807) is 6.33 Å². The quantitative estimate of drug-likeness (QED) is 0.842. The smallest absolute Gasteiger partial charge is 0.138 e. The standard InChI is InChI=1S/C16H24N4/c1-4-17-11-15(14-8-6-13(3)7-9-14)10-16-18-12-19-20(16)5-2/h6-9,12,15,17H,4-5,10-11H2,1-3H3. The average Bonchev–Trinajstić information content (AvgIpc) is 2.91. The summed E-state index contributed by atoms with van der Waals surface area (Å²) in [6.07, 6.45) is 2.57. The van der Waals surface area contributed by atoms with Gasteiger partial charge in [-0.15, -0.1) is 0 Å². The third-order valence-electron chi connectivity index (χ3n) is 3.61. The van der Waals surface area contributed by atoms with Crippen molar-refractivity contribution in [2.75, 3.05) is 13.1 Å². The van der Waals surface area contributed by atoms with E-state index >= 15 is 0 Å². The third kappa shape index (κ3) is 3.67. The number of hydrogen-bond acceptors (Lipinski definition) is 3. The molecule has 0 aliphatic rings. The molecule has 0 aliphatic heterocycles. The minimum absolute atomic E-state index is 0.435. The maximum Gasteiger partial charge on any atom is 0.138 e. The molecule has 1 aromatic carbocycles. The van der Waals surface area contributed by atoms with Gasteiger partial charge in [-0.05, 0) is 26.0 Å². The lowest BCUT2D eigenvalue weighted by atomic mass is 9.94. The van der Waals surface area contributed by atoms with Crippen LogP contribution in [0.1, 0.15) is 36.7 Å². The molecule has 0 aliphatic carbocycles. The minimum atomic E-state index is 0.435. The highest BCUT2D eigenvalue weighted by Crippen LogP contribution is 2.20. The molecule has 1 heterocycles. The Kier molecular flexibility index (Phi) is 5.30. The van der Waals surface area contributed by atoms with Gasteiger partial charge in [0.25, 0.3) is 0 Å². The van der Waals surface area contributed by atoms with Gasteiger partial charge in [-0.25, -0.2) is 4.98 Å². The Morgan fingerprint density at radius 2 is 1.95 bits per heavy atom. The van der Waals surface area contributed by atoms with E-state index in [1.807, 2.05) is 4.68 Å². The Morgan fingerprint density at radius 1 is 1.20 bits per heavy atom. The fraction of sp³-hybridized carbons (Fsp3) is 0.500. The van der Waals surface area contributed by atoms with Crippen molar-refractivity contribution in [3.05, 3.63) is 47.5 Å². The molecule has 1 aromatic heterocycles. The molecule has 2 aromatic rings. The molecular weight excluding hydrogens is 248 g/mol. The van der Waals surface area contributed by atoms with E-state index in [2.05, 4.69) is 60.4 Å². The Bertz CT molecular complexity index is 516. The highest BCUT2D eigenvalue weighted by Gasteiger charge is 2.15. The molecule has 4 nitrogen and oxygen atoms in total. The number of nitrogens with zero attached hydrogens (tertiary/aromatic N) is 3. The lowest BCUT2D eigenvalue weighted by Crippen LogP contribution is -2.23. The van der Waals surface area contributed by atoms with Crippen LogP contribution in [0.2, 0.25) is 0 Å². The molecule has 2 rings (SSSR count).